The molecule has 2 aromatic rings. The van der Waals surface area contributed by atoms with Crippen molar-refractivity contribution in [2.45, 2.75) is 38.5 Å². The average Bonchev–Trinajstić information content (AvgIpc) is 3.33. The Hall–Kier alpha value is -1.70. The third-order valence-corrected chi connectivity index (χ3v) is 5.31. The zero-order valence-corrected chi connectivity index (χ0v) is 15.5. The highest BCUT2D eigenvalue weighted by Gasteiger charge is 2.36. The molecular formula is C18H25N3O3S. The summed E-state index contributed by atoms with van der Waals surface area (Å²) >= 11 is 1.72. The van der Waals surface area contributed by atoms with Gasteiger partial charge >= 0.3 is 0 Å². The first-order chi connectivity index (χ1) is 12.2. The van der Waals surface area contributed by atoms with Gasteiger partial charge in [0.1, 0.15) is 0 Å². The summed E-state index contributed by atoms with van der Waals surface area (Å²) in [6.45, 7) is 3.95. The molecule has 1 N–H and O–H groups in total. The molecule has 0 spiro atoms. The van der Waals surface area contributed by atoms with Gasteiger partial charge in [0.05, 0.1) is 31.4 Å². The largest absolute Gasteiger partial charge is 0.383 e. The summed E-state index contributed by atoms with van der Waals surface area (Å²) in [4.78, 5) is 14.0. The van der Waals surface area contributed by atoms with Crippen molar-refractivity contribution in [2.75, 3.05) is 20.3 Å². The highest BCUT2D eigenvalue weighted by atomic mass is 32.1. The van der Waals surface area contributed by atoms with Gasteiger partial charge < -0.3 is 14.8 Å². The fraction of sp³-hybridized carbons (Fsp3) is 0.556. The summed E-state index contributed by atoms with van der Waals surface area (Å²) in [7, 11) is 1.67. The molecule has 136 valence electrons. The Labute approximate surface area is 152 Å². The number of carbonyl (C=O) groups is 1. The van der Waals surface area contributed by atoms with Crippen LogP contribution in [-0.2, 0) is 27.2 Å². The van der Waals surface area contributed by atoms with Gasteiger partial charge in [0.2, 0.25) is 5.91 Å². The Morgan fingerprint density at radius 3 is 3.24 bits per heavy atom. The number of hydrogen-bond donors (Lipinski definition) is 1. The van der Waals surface area contributed by atoms with E-state index in [0.29, 0.717) is 19.8 Å². The van der Waals surface area contributed by atoms with E-state index in [1.807, 2.05) is 23.9 Å². The predicted octanol–water partition coefficient (Wildman–Crippen LogP) is 2.42. The van der Waals surface area contributed by atoms with Gasteiger partial charge in [-0.25, -0.2) is 0 Å². The monoisotopic (exact) mass is 363 g/mol. The average molecular weight is 363 g/mol. The minimum Gasteiger partial charge on any atom is -0.383 e. The lowest BCUT2D eigenvalue weighted by Crippen LogP contribution is -2.39. The lowest BCUT2D eigenvalue weighted by atomic mass is 9.96. The van der Waals surface area contributed by atoms with Gasteiger partial charge in [-0.2, -0.15) is 5.10 Å². The van der Waals surface area contributed by atoms with Crippen molar-refractivity contribution in [3.63, 3.8) is 0 Å². The lowest BCUT2D eigenvalue weighted by Gasteiger charge is -2.20. The molecule has 3 atom stereocenters. The summed E-state index contributed by atoms with van der Waals surface area (Å²) in [6.07, 6.45) is 5.12. The smallest absolute Gasteiger partial charge is 0.226 e. The molecular weight excluding hydrogens is 338 g/mol. The van der Waals surface area contributed by atoms with Crippen molar-refractivity contribution in [2.24, 2.45) is 5.92 Å². The van der Waals surface area contributed by atoms with E-state index >= 15 is 0 Å². The van der Waals surface area contributed by atoms with Crippen LogP contribution < -0.4 is 5.32 Å². The molecule has 3 rings (SSSR count). The van der Waals surface area contributed by atoms with E-state index in [4.69, 9.17) is 9.47 Å². The van der Waals surface area contributed by atoms with Gasteiger partial charge in [0.25, 0.3) is 0 Å². The van der Waals surface area contributed by atoms with Crippen LogP contribution >= 0.6 is 11.3 Å². The number of thiophene rings is 1. The topological polar surface area (TPSA) is 65.4 Å². The van der Waals surface area contributed by atoms with Crippen molar-refractivity contribution in [1.29, 1.82) is 0 Å². The number of methoxy groups -OCH3 is 1. The molecule has 1 unspecified atom stereocenters. The summed E-state index contributed by atoms with van der Waals surface area (Å²) in [5.74, 6) is -0.0953. The van der Waals surface area contributed by atoms with Crippen LogP contribution in [0.4, 0.5) is 0 Å². The molecule has 7 heteroatoms. The van der Waals surface area contributed by atoms with Crippen LogP contribution in [0.3, 0.4) is 0 Å². The molecule has 0 radical (unpaired) electrons. The second kappa shape index (κ2) is 8.60. The van der Waals surface area contributed by atoms with Crippen LogP contribution in [-0.4, -0.2) is 42.1 Å². The second-order valence-electron chi connectivity index (χ2n) is 6.41. The van der Waals surface area contributed by atoms with Gasteiger partial charge in [-0.05, 0) is 24.8 Å². The molecule has 1 aliphatic heterocycles. The zero-order valence-electron chi connectivity index (χ0n) is 14.7. The molecule has 0 saturated carbocycles. The van der Waals surface area contributed by atoms with Crippen LogP contribution in [0.1, 0.15) is 29.9 Å². The molecule has 6 nitrogen and oxygen atoms in total. The number of rotatable bonds is 8. The first-order valence-electron chi connectivity index (χ1n) is 8.63. The Morgan fingerprint density at radius 2 is 2.48 bits per heavy atom. The van der Waals surface area contributed by atoms with E-state index < -0.39 is 0 Å². The summed E-state index contributed by atoms with van der Waals surface area (Å²) < 4.78 is 12.7. The highest BCUT2D eigenvalue weighted by molar-refractivity contribution is 7.09. The first kappa shape index (κ1) is 18.1. The van der Waals surface area contributed by atoms with Crippen LogP contribution in [0.2, 0.25) is 0 Å². The Morgan fingerprint density at radius 1 is 1.60 bits per heavy atom. The van der Waals surface area contributed by atoms with E-state index in [1.165, 1.54) is 4.88 Å². The number of aromatic nitrogens is 2. The normalized spacial score (nSPS) is 21.4. The van der Waals surface area contributed by atoms with Crippen LogP contribution in [0.25, 0.3) is 0 Å². The minimum absolute atomic E-state index is 0.0659. The predicted molar refractivity (Wildman–Crippen MR) is 96.5 cm³/mol. The molecule has 1 saturated heterocycles. The molecule has 25 heavy (non-hydrogen) atoms. The zero-order chi connectivity index (χ0) is 17.6. The fourth-order valence-corrected chi connectivity index (χ4v) is 3.99. The Bertz CT molecular complexity index is 671. The lowest BCUT2D eigenvalue weighted by molar-refractivity contribution is -0.127. The maximum Gasteiger partial charge on any atom is 0.226 e. The SMILES string of the molecule is COCCn1cc([C@H]2OCC[C@@H]2C(=O)NC(C)Cc2cccs2)cn1. The summed E-state index contributed by atoms with van der Waals surface area (Å²) in [5.41, 5.74) is 0.958. The number of nitrogens with one attached hydrogen (secondary N) is 1. The van der Waals surface area contributed by atoms with E-state index in [1.54, 1.807) is 24.6 Å². The number of carbonyl (C=O) groups excluding carboxylic acids is 1. The Balaban J connectivity index is 1.58. The van der Waals surface area contributed by atoms with Crippen LogP contribution in [0.15, 0.2) is 29.9 Å². The standard InChI is InChI=1S/C18H25N3O3S/c1-13(10-15-4-3-9-25-15)20-18(22)16-5-7-24-17(16)14-11-19-21(12-14)6-8-23-2/h3-4,9,11-13,16-17H,5-8,10H2,1-2H3,(H,20,22)/t13?,16-,17+/m0/s1. The third kappa shape index (κ3) is 4.68. The van der Waals surface area contributed by atoms with Crippen molar-refractivity contribution in [3.8, 4) is 0 Å². The van der Waals surface area contributed by atoms with Gasteiger partial charge in [0, 0.05) is 42.8 Å². The summed E-state index contributed by atoms with van der Waals surface area (Å²) in [6, 6.07) is 4.25. The summed E-state index contributed by atoms with van der Waals surface area (Å²) in [5, 5.41) is 9.53. The van der Waals surface area contributed by atoms with Gasteiger partial charge in [-0.1, -0.05) is 6.07 Å². The fourth-order valence-electron chi connectivity index (χ4n) is 3.15. The highest BCUT2D eigenvalue weighted by Crippen LogP contribution is 2.34. The maximum atomic E-state index is 12.7. The van der Waals surface area contributed by atoms with Crippen molar-refractivity contribution in [1.82, 2.24) is 15.1 Å². The van der Waals surface area contributed by atoms with Crippen LogP contribution in [0, 0.1) is 5.92 Å². The molecule has 0 bridgehead atoms. The van der Waals surface area contributed by atoms with Gasteiger partial charge in [-0.15, -0.1) is 11.3 Å². The van der Waals surface area contributed by atoms with Crippen molar-refractivity contribution in [3.05, 3.63) is 40.3 Å². The number of ether oxygens (including phenoxy) is 2. The third-order valence-electron chi connectivity index (χ3n) is 4.41. The molecule has 1 amide bonds. The molecule has 1 aliphatic rings. The number of hydrogen-bond acceptors (Lipinski definition) is 5. The van der Waals surface area contributed by atoms with Gasteiger partial charge in [-0.3, -0.25) is 9.48 Å². The Kier molecular flexibility index (Phi) is 6.23. The molecule has 0 aliphatic carbocycles. The van der Waals surface area contributed by atoms with E-state index in [0.717, 1.165) is 18.4 Å². The van der Waals surface area contributed by atoms with Gasteiger partial charge in [0.15, 0.2) is 0 Å². The van der Waals surface area contributed by atoms with Crippen molar-refractivity contribution >= 4 is 17.2 Å². The minimum atomic E-state index is -0.217. The molecule has 1 fully saturated rings. The first-order valence-corrected chi connectivity index (χ1v) is 9.51. The van der Waals surface area contributed by atoms with Crippen molar-refractivity contribution < 1.29 is 14.3 Å². The number of amides is 1. The molecule has 3 heterocycles. The van der Waals surface area contributed by atoms with Crippen LogP contribution in [0.5, 0.6) is 0 Å². The quantitative estimate of drug-likeness (QED) is 0.782. The molecule has 0 aromatic carbocycles. The maximum absolute atomic E-state index is 12.7. The van der Waals surface area contributed by atoms with E-state index in [2.05, 4.69) is 21.9 Å². The van der Waals surface area contributed by atoms with E-state index in [9.17, 15) is 4.79 Å². The number of nitrogens with zero attached hydrogens (tertiary/aromatic N) is 2. The second-order valence-corrected chi connectivity index (χ2v) is 7.44. The molecule has 2 aromatic heterocycles. The van der Waals surface area contributed by atoms with E-state index in [-0.39, 0.29) is 24.0 Å².